The lowest BCUT2D eigenvalue weighted by Crippen LogP contribution is -2.27. The van der Waals surface area contributed by atoms with Crippen molar-refractivity contribution < 1.29 is 23.7 Å². The van der Waals surface area contributed by atoms with Gasteiger partial charge in [-0.25, -0.2) is 4.79 Å². The molecule has 0 N–H and O–H groups in total. The van der Waals surface area contributed by atoms with Crippen LogP contribution in [-0.4, -0.2) is 39.2 Å². The summed E-state index contributed by atoms with van der Waals surface area (Å²) < 4.78 is 21.8. The fourth-order valence-corrected chi connectivity index (χ4v) is 2.98. The predicted octanol–water partition coefficient (Wildman–Crippen LogP) is 5.87. The van der Waals surface area contributed by atoms with E-state index >= 15 is 0 Å². The molecule has 0 saturated carbocycles. The number of esters is 1. The van der Waals surface area contributed by atoms with E-state index in [0.717, 1.165) is 18.4 Å². The van der Waals surface area contributed by atoms with E-state index in [2.05, 4.69) is 38.2 Å². The van der Waals surface area contributed by atoms with Crippen molar-refractivity contribution in [1.82, 2.24) is 0 Å². The topological polar surface area (TPSA) is 54.0 Å². The molecule has 0 bridgehead atoms. The van der Waals surface area contributed by atoms with Gasteiger partial charge in [0.15, 0.2) is 0 Å². The van der Waals surface area contributed by atoms with Crippen molar-refractivity contribution in [3.8, 4) is 0 Å². The lowest BCUT2D eigenvalue weighted by molar-refractivity contribution is -0.138. The van der Waals surface area contributed by atoms with Crippen LogP contribution in [0.4, 0.5) is 0 Å². The molecule has 178 valence electrons. The highest BCUT2D eigenvalue weighted by Crippen LogP contribution is 2.13. The van der Waals surface area contributed by atoms with Gasteiger partial charge in [-0.2, -0.15) is 0 Å². The minimum Gasteiger partial charge on any atom is -0.463 e. The van der Waals surface area contributed by atoms with Crippen LogP contribution < -0.4 is 0 Å². The van der Waals surface area contributed by atoms with Gasteiger partial charge in [0.1, 0.15) is 6.79 Å². The highest BCUT2D eigenvalue weighted by atomic mass is 16.7. The molecule has 32 heavy (non-hydrogen) atoms. The summed E-state index contributed by atoms with van der Waals surface area (Å²) in [6, 6.07) is 10.1. The second-order valence-electron chi connectivity index (χ2n) is 7.90. The van der Waals surface area contributed by atoms with E-state index < -0.39 is 0 Å². The van der Waals surface area contributed by atoms with E-state index in [4.69, 9.17) is 18.9 Å². The predicted molar refractivity (Wildman–Crippen MR) is 129 cm³/mol. The third kappa shape index (κ3) is 12.6. The van der Waals surface area contributed by atoms with Crippen LogP contribution in [-0.2, 0) is 30.3 Å². The summed E-state index contributed by atoms with van der Waals surface area (Å²) in [5.74, 6) is 0.359. The maximum atomic E-state index is 11.6. The third-order valence-electron chi connectivity index (χ3n) is 5.02. The van der Waals surface area contributed by atoms with Crippen LogP contribution in [0.15, 0.2) is 66.3 Å². The minimum atomic E-state index is -0.231. The Morgan fingerprint density at radius 2 is 1.81 bits per heavy atom. The van der Waals surface area contributed by atoms with E-state index in [9.17, 15) is 4.79 Å². The first-order valence-electron chi connectivity index (χ1n) is 11.4. The first-order valence-corrected chi connectivity index (χ1v) is 11.4. The summed E-state index contributed by atoms with van der Waals surface area (Å²) in [4.78, 5) is 11.6. The zero-order chi connectivity index (χ0) is 23.6. The lowest BCUT2D eigenvalue weighted by Gasteiger charge is -2.21. The van der Waals surface area contributed by atoms with Gasteiger partial charge >= 0.3 is 5.97 Å². The summed E-state index contributed by atoms with van der Waals surface area (Å²) in [5.41, 5.74) is 1.82. The van der Waals surface area contributed by atoms with Crippen LogP contribution in [0.5, 0.6) is 0 Å². The van der Waals surface area contributed by atoms with Gasteiger partial charge in [-0.05, 0) is 38.2 Å². The second-order valence-corrected chi connectivity index (χ2v) is 7.90. The molecule has 0 aromatic heterocycles. The summed E-state index contributed by atoms with van der Waals surface area (Å²) in [6.45, 7) is 9.60. The van der Waals surface area contributed by atoms with Crippen molar-refractivity contribution in [2.45, 2.75) is 53.2 Å². The van der Waals surface area contributed by atoms with Crippen LogP contribution in [0, 0.1) is 11.8 Å². The molecule has 0 unspecified atom stereocenters. The Kier molecular flexibility index (Phi) is 15.1. The fraction of sp³-hybridized carbons (Fsp3) is 0.519. The van der Waals surface area contributed by atoms with Gasteiger partial charge in [0.05, 0.1) is 25.9 Å². The summed E-state index contributed by atoms with van der Waals surface area (Å²) in [6.07, 6.45) is 12.1. The Morgan fingerprint density at radius 1 is 1.09 bits per heavy atom. The van der Waals surface area contributed by atoms with Crippen LogP contribution >= 0.6 is 0 Å². The lowest BCUT2D eigenvalue weighted by atomic mass is 10.0. The summed E-state index contributed by atoms with van der Waals surface area (Å²) in [7, 11) is 1.62. The zero-order valence-corrected chi connectivity index (χ0v) is 20.3. The van der Waals surface area contributed by atoms with E-state index in [1.54, 1.807) is 14.0 Å². The molecule has 0 fully saturated rings. The highest BCUT2D eigenvalue weighted by Gasteiger charge is 2.16. The standard InChI is InChI=1S/C27H40O5/c1-6-31-27(28)24(4)16-12-14-22(2)13-10-11-15-23(3)26(32-21-29-5)20-30-19-25-17-8-7-9-18-25/h7-11,13,15-18,22-23,26H,6,12,14,19-21H2,1-5H3/b13-10+,15-11+,24-16-/t22-,23+,26-/m1/s1. The summed E-state index contributed by atoms with van der Waals surface area (Å²) in [5, 5.41) is 0. The zero-order valence-electron chi connectivity index (χ0n) is 20.3. The Labute approximate surface area is 194 Å². The molecule has 0 heterocycles. The minimum absolute atomic E-state index is 0.0864. The maximum absolute atomic E-state index is 11.6. The molecule has 5 heteroatoms. The van der Waals surface area contributed by atoms with Crippen LogP contribution in [0.2, 0.25) is 0 Å². The van der Waals surface area contributed by atoms with Gasteiger partial charge in [0.2, 0.25) is 0 Å². The highest BCUT2D eigenvalue weighted by molar-refractivity contribution is 5.87. The second kappa shape index (κ2) is 17.4. The number of benzene rings is 1. The van der Waals surface area contributed by atoms with E-state index in [0.29, 0.717) is 31.3 Å². The molecule has 0 amide bonds. The Morgan fingerprint density at radius 3 is 2.50 bits per heavy atom. The van der Waals surface area contributed by atoms with E-state index in [1.165, 1.54) is 0 Å². The van der Waals surface area contributed by atoms with Gasteiger partial charge in [-0.15, -0.1) is 0 Å². The number of hydrogen-bond acceptors (Lipinski definition) is 5. The number of carbonyl (C=O) groups is 1. The van der Waals surface area contributed by atoms with Crippen molar-refractivity contribution in [1.29, 1.82) is 0 Å². The maximum Gasteiger partial charge on any atom is 0.333 e. The molecule has 0 saturated heterocycles. The van der Waals surface area contributed by atoms with E-state index in [1.807, 2.05) is 43.3 Å². The molecule has 0 spiro atoms. The van der Waals surface area contributed by atoms with Crippen molar-refractivity contribution >= 4 is 5.97 Å². The molecule has 3 atom stereocenters. The Balaban J connectivity index is 2.44. The number of methoxy groups -OCH3 is 1. The van der Waals surface area contributed by atoms with Crippen molar-refractivity contribution in [2.24, 2.45) is 11.8 Å². The first-order chi connectivity index (χ1) is 15.5. The molecule has 0 aliphatic rings. The van der Waals surface area contributed by atoms with Crippen molar-refractivity contribution in [2.75, 3.05) is 27.1 Å². The number of carbonyl (C=O) groups excluding carboxylic acids is 1. The van der Waals surface area contributed by atoms with Crippen LogP contribution in [0.25, 0.3) is 0 Å². The first kappa shape index (κ1) is 27.8. The fourth-order valence-electron chi connectivity index (χ4n) is 2.98. The third-order valence-corrected chi connectivity index (χ3v) is 5.02. The Bertz CT molecular complexity index is 708. The number of allylic oxidation sites excluding steroid dienone is 4. The number of hydrogen-bond donors (Lipinski definition) is 0. The van der Waals surface area contributed by atoms with Gasteiger partial charge in [-0.3, -0.25) is 0 Å². The molecule has 1 rings (SSSR count). The molecule has 0 radical (unpaired) electrons. The number of ether oxygens (including phenoxy) is 4. The molecule has 0 aliphatic heterocycles. The van der Waals surface area contributed by atoms with Crippen molar-refractivity contribution in [3.05, 3.63) is 71.8 Å². The SMILES string of the molecule is CCOC(=O)/C(C)=C\CC[C@H](C)/C=C/C=C/[C@H](C)[C@@H](COCc1ccccc1)OCOC. The molecular formula is C27H40O5. The Hall–Kier alpha value is -2.21. The van der Waals surface area contributed by atoms with Crippen molar-refractivity contribution in [3.63, 3.8) is 0 Å². The van der Waals surface area contributed by atoms with Crippen LogP contribution in [0.1, 0.15) is 46.1 Å². The number of rotatable bonds is 16. The molecule has 1 aromatic rings. The van der Waals surface area contributed by atoms with Crippen LogP contribution in [0.3, 0.4) is 0 Å². The largest absolute Gasteiger partial charge is 0.463 e. The monoisotopic (exact) mass is 444 g/mol. The molecule has 1 aromatic carbocycles. The smallest absolute Gasteiger partial charge is 0.333 e. The average Bonchev–Trinajstić information content (AvgIpc) is 2.79. The van der Waals surface area contributed by atoms with Gasteiger partial charge in [-0.1, -0.05) is 74.6 Å². The molecular weight excluding hydrogens is 404 g/mol. The summed E-state index contributed by atoms with van der Waals surface area (Å²) >= 11 is 0. The molecule has 0 aliphatic carbocycles. The van der Waals surface area contributed by atoms with Gasteiger partial charge < -0.3 is 18.9 Å². The van der Waals surface area contributed by atoms with Gasteiger partial charge in [0.25, 0.3) is 0 Å². The van der Waals surface area contributed by atoms with Gasteiger partial charge in [0, 0.05) is 18.6 Å². The molecule has 5 nitrogen and oxygen atoms in total. The van der Waals surface area contributed by atoms with E-state index in [-0.39, 0.29) is 24.8 Å². The quantitative estimate of drug-likeness (QED) is 0.138. The average molecular weight is 445 g/mol. The normalized spacial score (nSPS) is 15.2.